The van der Waals surface area contributed by atoms with E-state index in [-0.39, 0.29) is 11.8 Å². The highest BCUT2D eigenvalue weighted by Gasteiger charge is 2.19. The average molecular weight is 433 g/mol. The first-order valence-electron chi connectivity index (χ1n) is 8.64. The lowest BCUT2D eigenvalue weighted by Crippen LogP contribution is -2.38. The number of hydrogen-bond donors (Lipinski definition) is 1. The second kappa shape index (κ2) is 8.38. The van der Waals surface area contributed by atoms with E-state index in [2.05, 4.69) is 10.3 Å². The lowest BCUT2D eigenvalue weighted by Gasteiger charge is -2.26. The number of thioether (sulfide) groups is 1. The Kier molecular flexibility index (Phi) is 5.70. The molecule has 1 saturated heterocycles. The molecule has 1 aliphatic heterocycles. The molecule has 1 fully saturated rings. The van der Waals surface area contributed by atoms with Gasteiger partial charge in [0.05, 0.1) is 29.3 Å². The standard InChI is InChI=1S/C19H17ClN4O2S2/c20-16-5-7-28-18(16)19(26)21-9-13-10-23(12-22-13)14-1-3-15(4-2-14)24-6-8-27-11-17(24)25/h1-5,7,10,12H,6,8-9,11H2,(H,21,26). The van der Waals surface area contributed by atoms with Gasteiger partial charge in [0.25, 0.3) is 5.91 Å². The quantitative estimate of drug-likeness (QED) is 0.669. The number of aromatic nitrogens is 2. The summed E-state index contributed by atoms with van der Waals surface area (Å²) >= 11 is 8.96. The number of nitrogens with one attached hydrogen (secondary N) is 1. The Morgan fingerprint density at radius 1 is 1.21 bits per heavy atom. The summed E-state index contributed by atoms with van der Waals surface area (Å²) in [6.45, 7) is 1.06. The number of hydrogen-bond acceptors (Lipinski definition) is 5. The van der Waals surface area contributed by atoms with E-state index < -0.39 is 0 Å². The highest BCUT2D eigenvalue weighted by molar-refractivity contribution is 8.00. The molecular formula is C19H17ClN4O2S2. The third-order valence-electron chi connectivity index (χ3n) is 4.33. The lowest BCUT2D eigenvalue weighted by atomic mass is 10.2. The molecule has 0 saturated carbocycles. The van der Waals surface area contributed by atoms with Gasteiger partial charge in [-0.2, -0.15) is 11.8 Å². The fraction of sp³-hybridized carbons (Fsp3) is 0.211. The molecule has 3 aromatic rings. The maximum atomic E-state index is 12.1. The molecule has 0 aliphatic carbocycles. The number of carbonyl (C=O) groups is 2. The van der Waals surface area contributed by atoms with Gasteiger partial charge in [-0.05, 0) is 35.7 Å². The first-order valence-corrected chi connectivity index (χ1v) is 11.1. The third kappa shape index (κ3) is 4.09. The van der Waals surface area contributed by atoms with E-state index in [1.807, 2.05) is 39.9 Å². The number of thiophene rings is 1. The number of rotatable bonds is 5. The molecule has 2 aromatic heterocycles. The molecule has 0 radical (unpaired) electrons. The monoisotopic (exact) mass is 432 g/mol. The van der Waals surface area contributed by atoms with Gasteiger partial charge in [0.15, 0.2) is 0 Å². The van der Waals surface area contributed by atoms with Crippen molar-refractivity contribution in [2.45, 2.75) is 6.54 Å². The molecule has 0 spiro atoms. The fourth-order valence-corrected chi connectivity index (χ4v) is 4.74. The Bertz CT molecular complexity index is 1000. The first-order chi connectivity index (χ1) is 13.6. The van der Waals surface area contributed by atoms with Crippen LogP contribution in [0.3, 0.4) is 0 Å². The van der Waals surface area contributed by atoms with Crippen LogP contribution in [0.4, 0.5) is 5.69 Å². The van der Waals surface area contributed by atoms with E-state index in [4.69, 9.17) is 11.6 Å². The number of benzene rings is 1. The minimum absolute atomic E-state index is 0.149. The van der Waals surface area contributed by atoms with Crippen LogP contribution < -0.4 is 10.2 Å². The number of carbonyl (C=O) groups excluding carboxylic acids is 2. The summed E-state index contributed by atoms with van der Waals surface area (Å²) in [5.74, 6) is 1.44. The summed E-state index contributed by atoms with van der Waals surface area (Å²) in [6.07, 6.45) is 3.57. The largest absolute Gasteiger partial charge is 0.346 e. The molecule has 1 N–H and O–H groups in total. The van der Waals surface area contributed by atoms with Crippen molar-refractivity contribution in [2.75, 3.05) is 23.0 Å². The normalized spacial score (nSPS) is 14.3. The molecule has 1 aliphatic rings. The molecule has 144 valence electrons. The Morgan fingerprint density at radius 2 is 2.00 bits per heavy atom. The summed E-state index contributed by atoms with van der Waals surface area (Å²) in [4.78, 5) is 30.8. The van der Waals surface area contributed by atoms with E-state index in [1.54, 1.807) is 29.5 Å². The van der Waals surface area contributed by atoms with Crippen LogP contribution in [0.15, 0.2) is 48.2 Å². The summed E-state index contributed by atoms with van der Waals surface area (Å²) in [5.41, 5.74) is 2.59. The molecule has 28 heavy (non-hydrogen) atoms. The van der Waals surface area contributed by atoms with Crippen LogP contribution in [-0.2, 0) is 11.3 Å². The van der Waals surface area contributed by atoms with Crippen molar-refractivity contribution < 1.29 is 9.59 Å². The number of anilines is 1. The van der Waals surface area contributed by atoms with Crippen molar-refractivity contribution in [1.82, 2.24) is 14.9 Å². The highest BCUT2D eigenvalue weighted by atomic mass is 35.5. The minimum atomic E-state index is -0.205. The summed E-state index contributed by atoms with van der Waals surface area (Å²) in [5, 5.41) is 5.07. The molecular weight excluding hydrogens is 416 g/mol. The van der Waals surface area contributed by atoms with Crippen molar-refractivity contribution in [1.29, 1.82) is 0 Å². The molecule has 9 heteroatoms. The van der Waals surface area contributed by atoms with Gasteiger partial charge in [-0.3, -0.25) is 9.59 Å². The molecule has 4 rings (SSSR count). The SMILES string of the molecule is O=C(NCc1cn(-c2ccc(N3CCSCC3=O)cc2)cn1)c1sccc1Cl. The minimum Gasteiger partial charge on any atom is -0.346 e. The van der Waals surface area contributed by atoms with E-state index in [0.29, 0.717) is 22.2 Å². The van der Waals surface area contributed by atoms with Crippen molar-refractivity contribution in [3.8, 4) is 5.69 Å². The van der Waals surface area contributed by atoms with E-state index >= 15 is 0 Å². The second-order valence-electron chi connectivity index (χ2n) is 6.17. The topological polar surface area (TPSA) is 67.2 Å². The smallest absolute Gasteiger partial charge is 0.263 e. The molecule has 0 unspecified atom stereocenters. The zero-order valence-corrected chi connectivity index (χ0v) is 17.2. The predicted octanol–water partition coefficient (Wildman–Crippen LogP) is 3.60. The number of amides is 2. The molecule has 0 bridgehead atoms. The van der Waals surface area contributed by atoms with Gasteiger partial charge in [-0.25, -0.2) is 4.98 Å². The van der Waals surface area contributed by atoms with Gasteiger partial charge in [0.2, 0.25) is 5.91 Å². The van der Waals surface area contributed by atoms with Gasteiger partial charge in [-0.15, -0.1) is 11.3 Å². The molecule has 6 nitrogen and oxygen atoms in total. The number of halogens is 1. The average Bonchev–Trinajstić information content (AvgIpc) is 3.36. The fourth-order valence-electron chi connectivity index (χ4n) is 2.90. The highest BCUT2D eigenvalue weighted by Crippen LogP contribution is 2.23. The molecule has 1 aromatic carbocycles. The van der Waals surface area contributed by atoms with Crippen LogP contribution in [0.1, 0.15) is 15.4 Å². The van der Waals surface area contributed by atoms with Crippen molar-refractivity contribution in [3.63, 3.8) is 0 Å². The molecule has 0 atom stereocenters. The van der Waals surface area contributed by atoms with Crippen LogP contribution in [0.2, 0.25) is 5.02 Å². The first kappa shape index (κ1) is 19.0. The zero-order chi connectivity index (χ0) is 19.5. The van der Waals surface area contributed by atoms with Crippen LogP contribution in [0.5, 0.6) is 0 Å². The Balaban J connectivity index is 1.40. The van der Waals surface area contributed by atoms with Crippen LogP contribution in [0.25, 0.3) is 5.69 Å². The Morgan fingerprint density at radius 3 is 2.71 bits per heavy atom. The van der Waals surface area contributed by atoms with Gasteiger partial charge in [-0.1, -0.05) is 11.6 Å². The molecule has 2 amide bonds. The van der Waals surface area contributed by atoms with Gasteiger partial charge in [0, 0.05) is 29.9 Å². The van der Waals surface area contributed by atoms with E-state index in [1.165, 1.54) is 11.3 Å². The maximum Gasteiger partial charge on any atom is 0.263 e. The predicted molar refractivity (Wildman–Crippen MR) is 114 cm³/mol. The number of nitrogens with zero attached hydrogens (tertiary/aromatic N) is 3. The second-order valence-corrected chi connectivity index (χ2v) is 8.60. The van der Waals surface area contributed by atoms with E-state index in [0.717, 1.165) is 29.4 Å². The van der Waals surface area contributed by atoms with Crippen LogP contribution >= 0.6 is 34.7 Å². The number of imidazole rings is 1. The van der Waals surface area contributed by atoms with Gasteiger partial charge in [0.1, 0.15) is 4.88 Å². The zero-order valence-electron chi connectivity index (χ0n) is 14.8. The van der Waals surface area contributed by atoms with Crippen LogP contribution in [-0.4, -0.2) is 39.4 Å². The summed E-state index contributed by atoms with van der Waals surface area (Å²) in [6, 6.07) is 9.52. The van der Waals surface area contributed by atoms with Crippen LogP contribution in [0, 0.1) is 0 Å². The van der Waals surface area contributed by atoms with E-state index in [9.17, 15) is 9.59 Å². The van der Waals surface area contributed by atoms with Gasteiger partial charge >= 0.3 is 0 Å². The molecule has 3 heterocycles. The maximum absolute atomic E-state index is 12.1. The van der Waals surface area contributed by atoms with Crippen molar-refractivity contribution in [3.05, 3.63) is 63.8 Å². The lowest BCUT2D eigenvalue weighted by molar-refractivity contribution is -0.116. The van der Waals surface area contributed by atoms with Gasteiger partial charge < -0.3 is 14.8 Å². The Hall–Kier alpha value is -2.29. The third-order valence-corrected chi connectivity index (χ3v) is 6.60. The summed E-state index contributed by atoms with van der Waals surface area (Å²) in [7, 11) is 0. The van der Waals surface area contributed by atoms with Crippen molar-refractivity contribution >= 4 is 52.2 Å². The summed E-state index contributed by atoms with van der Waals surface area (Å²) < 4.78 is 1.89. The Labute approximate surface area is 175 Å². The van der Waals surface area contributed by atoms with Crippen molar-refractivity contribution in [2.24, 2.45) is 0 Å².